The Morgan fingerprint density at radius 1 is 1.09 bits per heavy atom. The van der Waals surface area contributed by atoms with Gasteiger partial charge in [-0.25, -0.2) is 0 Å². The van der Waals surface area contributed by atoms with Crippen molar-refractivity contribution < 1.29 is 4.79 Å². The summed E-state index contributed by atoms with van der Waals surface area (Å²) in [5, 5.41) is 1.03. The third kappa shape index (κ3) is 2.94. The van der Waals surface area contributed by atoms with Gasteiger partial charge in [0.05, 0.1) is 5.69 Å². The van der Waals surface area contributed by atoms with Gasteiger partial charge in [-0.2, -0.15) is 0 Å². The number of unbranched alkanes of at least 4 members (excludes halogenated alkanes) is 1. The van der Waals surface area contributed by atoms with Crippen LogP contribution in [0.3, 0.4) is 0 Å². The molecule has 3 rings (SSSR count). The number of aromatic nitrogens is 1. The van der Waals surface area contributed by atoms with Crippen molar-refractivity contribution >= 4 is 17.2 Å². The highest BCUT2D eigenvalue weighted by atomic mass is 16.1. The van der Waals surface area contributed by atoms with E-state index in [-0.39, 0.29) is 0 Å². The molecule has 0 aliphatic heterocycles. The number of benzene rings is 2. The van der Waals surface area contributed by atoms with Crippen molar-refractivity contribution in [1.82, 2.24) is 4.98 Å². The molecule has 2 nitrogen and oxygen atoms in total. The summed E-state index contributed by atoms with van der Waals surface area (Å²) >= 11 is 0. The zero-order chi connectivity index (χ0) is 16.4. The molecule has 0 saturated carbocycles. The van der Waals surface area contributed by atoms with Gasteiger partial charge >= 0.3 is 0 Å². The van der Waals surface area contributed by atoms with Crippen LogP contribution in [0.25, 0.3) is 22.2 Å². The highest BCUT2D eigenvalue weighted by Gasteiger charge is 2.14. The molecule has 1 N–H and O–H groups in total. The topological polar surface area (TPSA) is 32.9 Å². The number of aldehydes is 1. The van der Waals surface area contributed by atoms with Crippen LogP contribution in [-0.2, 0) is 6.42 Å². The highest BCUT2D eigenvalue weighted by molar-refractivity contribution is 6.04. The van der Waals surface area contributed by atoms with Crippen molar-refractivity contribution in [2.75, 3.05) is 0 Å². The van der Waals surface area contributed by atoms with Crippen molar-refractivity contribution in [1.29, 1.82) is 0 Å². The zero-order valence-corrected chi connectivity index (χ0v) is 14.1. The van der Waals surface area contributed by atoms with Gasteiger partial charge in [0.25, 0.3) is 0 Å². The number of H-pyrrole nitrogens is 1. The minimum absolute atomic E-state index is 0.769. The van der Waals surface area contributed by atoms with Gasteiger partial charge in [-0.3, -0.25) is 4.79 Å². The van der Waals surface area contributed by atoms with Crippen LogP contribution in [0, 0.1) is 13.8 Å². The number of aromatic amines is 1. The van der Waals surface area contributed by atoms with Gasteiger partial charge in [0.15, 0.2) is 6.29 Å². The molecule has 0 fully saturated rings. The first kappa shape index (κ1) is 15.5. The van der Waals surface area contributed by atoms with Crippen molar-refractivity contribution in [2.24, 2.45) is 0 Å². The molecular weight excluding hydrogens is 282 g/mol. The van der Waals surface area contributed by atoms with Gasteiger partial charge < -0.3 is 4.98 Å². The molecule has 0 atom stereocenters. The Morgan fingerprint density at radius 3 is 2.61 bits per heavy atom. The molecular formula is C21H23NO. The Labute approximate surface area is 137 Å². The Morgan fingerprint density at radius 2 is 1.91 bits per heavy atom. The van der Waals surface area contributed by atoms with Gasteiger partial charge in [0.2, 0.25) is 0 Å². The lowest BCUT2D eigenvalue weighted by atomic mass is 9.99. The zero-order valence-electron chi connectivity index (χ0n) is 14.1. The number of nitrogens with one attached hydrogen (secondary N) is 1. The number of fused-ring (bicyclic) bond motifs is 1. The van der Waals surface area contributed by atoms with Crippen LogP contribution in [0.1, 0.15) is 46.8 Å². The maximum Gasteiger partial charge on any atom is 0.152 e. The molecule has 0 bridgehead atoms. The van der Waals surface area contributed by atoms with E-state index in [9.17, 15) is 4.79 Å². The Bertz CT molecular complexity index is 858. The Balaban J connectivity index is 2.15. The van der Waals surface area contributed by atoms with Crippen LogP contribution in [0.5, 0.6) is 0 Å². The second kappa shape index (κ2) is 6.41. The first-order valence-corrected chi connectivity index (χ1v) is 8.31. The predicted molar refractivity (Wildman–Crippen MR) is 97.2 cm³/mol. The van der Waals surface area contributed by atoms with Crippen molar-refractivity contribution in [3.05, 3.63) is 58.7 Å². The number of rotatable bonds is 5. The van der Waals surface area contributed by atoms with Crippen molar-refractivity contribution in [3.63, 3.8) is 0 Å². The fraction of sp³-hybridized carbons (Fsp3) is 0.286. The number of hydrogen-bond donors (Lipinski definition) is 1. The quantitative estimate of drug-likeness (QED) is 0.611. The lowest BCUT2D eigenvalue weighted by molar-refractivity contribution is 0.112. The fourth-order valence-electron chi connectivity index (χ4n) is 3.23. The first-order valence-electron chi connectivity index (χ1n) is 8.31. The maximum atomic E-state index is 11.8. The van der Waals surface area contributed by atoms with E-state index in [0.717, 1.165) is 40.4 Å². The number of carbonyl (C=O) groups is 1. The molecule has 118 valence electrons. The fourth-order valence-corrected chi connectivity index (χ4v) is 3.23. The Hall–Kier alpha value is -2.35. The molecule has 0 saturated heterocycles. The van der Waals surface area contributed by atoms with E-state index in [1.807, 2.05) is 0 Å². The lowest BCUT2D eigenvalue weighted by Gasteiger charge is -2.06. The van der Waals surface area contributed by atoms with Crippen molar-refractivity contribution in [2.45, 2.75) is 40.0 Å². The first-order chi connectivity index (χ1) is 11.1. The Kier molecular flexibility index (Phi) is 4.33. The molecule has 1 heterocycles. The maximum absolute atomic E-state index is 11.8. The van der Waals surface area contributed by atoms with Gasteiger partial charge in [0.1, 0.15) is 0 Å². The average molecular weight is 305 g/mol. The molecule has 0 spiro atoms. The van der Waals surface area contributed by atoms with Crippen LogP contribution in [0.4, 0.5) is 0 Å². The van der Waals surface area contributed by atoms with Gasteiger partial charge in [-0.05, 0) is 49.9 Å². The largest absolute Gasteiger partial charge is 0.354 e. The summed E-state index contributed by atoms with van der Waals surface area (Å²) in [4.78, 5) is 15.2. The van der Waals surface area contributed by atoms with Gasteiger partial charge in [0, 0.05) is 22.0 Å². The summed E-state index contributed by atoms with van der Waals surface area (Å²) in [5.41, 5.74) is 7.55. The van der Waals surface area contributed by atoms with Crippen molar-refractivity contribution in [3.8, 4) is 11.3 Å². The number of hydrogen-bond acceptors (Lipinski definition) is 1. The van der Waals surface area contributed by atoms with Crippen LogP contribution in [0.2, 0.25) is 0 Å². The van der Waals surface area contributed by atoms with Gasteiger partial charge in [-0.15, -0.1) is 0 Å². The third-order valence-corrected chi connectivity index (χ3v) is 4.49. The van der Waals surface area contributed by atoms with E-state index in [1.54, 1.807) is 0 Å². The van der Waals surface area contributed by atoms with E-state index < -0.39 is 0 Å². The summed E-state index contributed by atoms with van der Waals surface area (Å²) in [5.74, 6) is 0. The van der Waals surface area contributed by atoms with E-state index >= 15 is 0 Å². The van der Waals surface area contributed by atoms with Crippen LogP contribution < -0.4 is 0 Å². The minimum Gasteiger partial charge on any atom is -0.354 e. The molecule has 0 aliphatic carbocycles. The lowest BCUT2D eigenvalue weighted by Crippen LogP contribution is -1.89. The van der Waals surface area contributed by atoms with E-state index in [4.69, 9.17) is 0 Å². The minimum atomic E-state index is 0.769. The standard InChI is InChI=1S/C21H23NO/c1-4-5-6-16-8-10-20-18(12-16)19(13-23)21(22-20)17-9-7-14(2)11-15(17)3/h7-13,22H,4-6H2,1-3H3. The molecule has 2 aromatic carbocycles. The molecule has 1 aromatic heterocycles. The second-order valence-electron chi connectivity index (χ2n) is 6.33. The molecule has 0 aliphatic rings. The molecule has 0 unspecified atom stereocenters. The monoisotopic (exact) mass is 305 g/mol. The SMILES string of the molecule is CCCCc1ccc2[nH]c(-c3ccc(C)cc3C)c(C=O)c2c1. The summed E-state index contributed by atoms with van der Waals surface area (Å²) < 4.78 is 0. The van der Waals surface area contributed by atoms with E-state index in [1.165, 1.54) is 29.5 Å². The number of aryl methyl sites for hydroxylation is 3. The highest BCUT2D eigenvalue weighted by Crippen LogP contribution is 2.32. The summed E-state index contributed by atoms with van der Waals surface area (Å²) in [6, 6.07) is 12.8. The molecule has 2 heteroatoms. The molecule has 3 aromatic rings. The normalized spacial score (nSPS) is 11.1. The van der Waals surface area contributed by atoms with E-state index in [0.29, 0.717) is 0 Å². The van der Waals surface area contributed by atoms with Gasteiger partial charge in [-0.1, -0.05) is 43.2 Å². The second-order valence-corrected chi connectivity index (χ2v) is 6.33. The summed E-state index contributed by atoms with van der Waals surface area (Å²) in [6.45, 7) is 6.38. The predicted octanol–water partition coefficient (Wildman–Crippen LogP) is 5.61. The van der Waals surface area contributed by atoms with Crippen LogP contribution >= 0.6 is 0 Å². The molecule has 0 radical (unpaired) electrons. The van der Waals surface area contributed by atoms with Crippen LogP contribution in [0.15, 0.2) is 36.4 Å². The molecule has 23 heavy (non-hydrogen) atoms. The molecule has 0 amide bonds. The van der Waals surface area contributed by atoms with Crippen LogP contribution in [-0.4, -0.2) is 11.3 Å². The third-order valence-electron chi connectivity index (χ3n) is 4.49. The summed E-state index contributed by atoms with van der Waals surface area (Å²) in [7, 11) is 0. The number of carbonyl (C=O) groups excluding carboxylic acids is 1. The smallest absolute Gasteiger partial charge is 0.152 e. The average Bonchev–Trinajstić information content (AvgIpc) is 2.90. The van der Waals surface area contributed by atoms with E-state index in [2.05, 4.69) is 62.2 Å². The summed E-state index contributed by atoms with van der Waals surface area (Å²) in [6.07, 6.45) is 4.40.